The van der Waals surface area contributed by atoms with Gasteiger partial charge in [0.25, 0.3) is 5.91 Å². The third-order valence-electron chi connectivity index (χ3n) is 3.72. The molecule has 0 aliphatic rings. The standard InChI is InChI=1S/C21H16Cl2N2O2/c22-19-8-4-7-17(20(19)23)13-24-25-21(26)16-9-11-18(12-10-16)27-14-15-5-2-1-3-6-15/h1-13H,14H2,(H,25,26)/b24-13+. The molecule has 136 valence electrons. The first-order chi connectivity index (χ1) is 13.1. The van der Waals surface area contributed by atoms with E-state index < -0.39 is 0 Å². The second-order valence-electron chi connectivity index (χ2n) is 5.64. The molecule has 0 saturated heterocycles. The number of hydrogen-bond donors (Lipinski definition) is 1. The number of nitrogens with zero attached hydrogens (tertiary/aromatic N) is 1. The summed E-state index contributed by atoms with van der Waals surface area (Å²) in [5.41, 5.74) is 4.63. The summed E-state index contributed by atoms with van der Waals surface area (Å²) in [6.07, 6.45) is 1.45. The maximum absolute atomic E-state index is 12.2. The summed E-state index contributed by atoms with van der Waals surface area (Å²) in [6, 6.07) is 21.9. The predicted molar refractivity (Wildman–Crippen MR) is 109 cm³/mol. The van der Waals surface area contributed by atoms with E-state index in [1.54, 1.807) is 42.5 Å². The zero-order valence-corrected chi connectivity index (χ0v) is 15.7. The van der Waals surface area contributed by atoms with Crippen LogP contribution >= 0.6 is 23.2 Å². The number of hydrogen-bond acceptors (Lipinski definition) is 3. The summed E-state index contributed by atoms with van der Waals surface area (Å²) in [5, 5.41) is 4.73. The average molecular weight is 399 g/mol. The third-order valence-corrected chi connectivity index (χ3v) is 4.55. The molecular formula is C21H16Cl2N2O2. The average Bonchev–Trinajstić information content (AvgIpc) is 2.70. The maximum Gasteiger partial charge on any atom is 0.271 e. The lowest BCUT2D eigenvalue weighted by Gasteiger charge is -2.07. The van der Waals surface area contributed by atoms with E-state index >= 15 is 0 Å². The van der Waals surface area contributed by atoms with E-state index in [-0.39, 0.29) is 5.91 Å². The van der Waals surface area contributed by atoms with Gasteiger partial charge in [-0.05, 0) is 35.9 Å². The van der Waals surface area contributed by atoms with Crippen molar-refractivity contribution in [2.45, 2.75) is 6.61 Å². The first-order valence-corrected chi connectivity index (χ1v) is 8.93. The van der Waals surface area contributed by atoms with Crippen LogP contribution in [0.25, 0.3) is 0 Å². The van der Waals surface area contributed by atoms with Crippen LogP contribution in [0.15, 0.2) is 77.9 Å². The molecule has 3 aromatic carbocycles. The molecule has 0 radical (unpaired) electrons. The quantitative estimate of drug-likeness (QED) is 0.450. The Balaban J connectivity index is 1.55. The molecule has 0 atom stereocenters. The first kappa shape index (κ1) is 19.0. The van der Waals surface area contributed by atoms with Crippen LogP contribution < -0.4 is 10.2 Å². The molecule has 1 amide bonds. The number of benzene rings is 3. The molecule has 4 nitrogen and oxygen atoms in total. The highest BCUT2D eigenvalue weighted by Gasteiger charge is 2.05. The normalized spacial score (nSPS) is 10.7. The minimum Gasteiger partial charge on any atom is -0.489 e. The van der Waals surface area contributed by atoms with E-state index in [0.29, 0.717) is 33.5 Å². The molecule has 0 unspecified atom stereocenters. The lowest BCUT2D eigenvalue weighted by atomic mass is 10.2. The van der Waals surface area contributed by atoms with Gasteiger partial charge < -0.3 is 4.74 Å². The summed E-state index contributed by atoms with van der Waals surface area (Å²) < 4.78 is 5.70. The van der Waals surface area contributed by atoms with Gasteiger partial charge in [-0.1, -0.05) is 65.7 Å². The van der Waals surface area contributed by atoms with Gasteiger partial charge in [0.15, 0.2) is 0 Å². The van der Waals surface area contributed by atoms with Crippen LogP contribution in [0.4, 0.5) is 0 Å². The van der Waals surface area contributed by atoms with Gasteiger partial charge in [-0.25, -0.2) is 5.43 Å². The zero-order chi connectivity index (χ0) is 19.1. The van der Waals surface area contributed by atoms with E-state index in [2.05, 4.69) is 10.5 Å². The smallest absolute Gasteiger partial charge is 0.271 e. The van der Waals surface area contributed by atoms with Crippen molar-refractivity contribution < 1.29 is 9.53 Å². The molecular weight excluding hydrogens is 383 g/mol. The van der Waals surface area contributed by atoms with Crippen molar-refractivity contribution in [1.82, 2.24) is 5.43 Å². The van der Waals surface area contributed by atoms with Crippen molar-refractivity contribution in [3.8, 4) is 5.75 Å². The van der Waals surface area contributed by atoms with Gasteiger partial charge in [0.1, 0.15) is 12.4 Å². The molecule has 0 aliphatic carbocycles. The molecule has 0 aliphatic heterocycles. The Morgan fingerprint density at radius 3 is 2.44 bits per heavy atom. The predicted octanol–water partition coefficient (Wildman–Crippen LogP) is 5.34. The molecule has 3 aromatic rings. The minimum atomic E-state index is -0.334. The van der Waals surface area contributed by atoms with Gasteiger partial charge in [0.05, 0.1) is 16.3 Å². The third kappa shape index (κ3) is 5.33. The number of rotatable bonds is 6. The van der Waals surface area contributed by atoms with Crippen molar-refractivity contribution in [1.29, 1.82) is 0 Å². The molecule has 27 heavy (non-hydrogen) atoms. The van der Waals surface area contributed by atoms with Crippen molar-refractivity contribution in [3.05, 3.63) is 99.5 Å². The topological polar surface area (TPSA) is 50.7 Å². The highest BCUT2D eigenvalue weighted by Crippen LogP contribution is 2.24. The van der Waals surface area contributed by atoms with Gasteiger partial charge in [-0.2, -0.15) is 5.10 Å². The van der Waals surface area contributed by atoms with Crippen molar-refractivity contribution >= 4 is 35.3 Å². The monoisotopic (exact) mass is 398 g/mol. The van der Waals surface area contributed by atoms with Crippen LogP contribution in [-0.4, -0.2) is 12.1 Å². The van der Waals surface area contributed by atoms with E-state index in [1.165, 1.54) is 6.21 Å². The molecule has 0 bridgehead atoms. The summed E-state index contributed by atoms with van der Waals surface area (Å²) in [4.78, 5) is 12.2. The molecule has 0 saturated carbocycles. The van der Waals surface area contributed by atoms with Crippen LogP contribution in [0.1, 0.15) is 21.5 Å². The number of carbonyl (C=O) groups is 1. The second-order valence-corrected chi connectivity index (χ2v) is 6.43. The van der Waals surface area contributed by atoms with E-state index in [0.717, 1.165) is 5.56 Å². The maximum atomic E-state index is 12.2. The van der Waals surface area contributed by atoms with Crippen LogP contribution in [0.3, 0.4) is 0 Å². The van der Waals surface area contributed by atoms with Crippen molar-refractivity contribution in [3.63, 3.8) is 0 Å². The molecule has 0 heterocycles. The molecule has 0 spiro atoms. The minimum absolute atomic E-state index is 0.334. The number of hydrazone groups is 1. The Hall–Kier alpha value is -2.82. The highest BCUT2D eigenvalue weighted by atomic mass is 35.5. The first-order valence-electron chi connectivity index (χ1n) is 8.17. The summed E-state index contributed by atoms with van der Waals surface area (Å²) >= 11 is 12.0. The summed E-state index contributed by atoms with van der Waals surface area (Å²) in [5.74, 6) is 0.351. The van der Waals surface area contributed by atoms with Crippen molar-refractivity contribution in [2.75, 3.05) is 0 Å². The summed E-state index contributed by atoms with van der Waals surface area (Å²) in [6.45, 7) is 0.469. The van der Waals surface area contributed by atoms with Crippen LogP contribution in [0.5, 0.6) is 5.75 Å². The fourth-order valence-corrected chi connectivity index (χ4v) is 2.65. The Bertz CT molecular complexity index is 942. The van der Waals surface area contributed by atoms with Crippen LogP contribution in [-0.2, 0) is 6.61 Å². The molecule has 3 rings (SSSR count). The number of amides is 1. The van der Waals surface area contributed by atoms with E-state index in [1.807, 2.05) is 30.3 Å². The zero-order valence-electron chi connectivity index (χ0n) is 14.2. The van der Waals surface area contributed by atoms with Gasteiger partial charge in [-0.3, -0.25) is 4.79 Å². The number of halogens is 2. The number of ether oxygens (including phenoxy) is 1. The number of carbonyl (C=O) groups excluding carboxylic acids is 1. The second kappa shape index (κ2) is 9.21. The lowest BCUT2D eigenvalue weighted by molar-refractivity contribution is 0.0955. The van der Waals surface area contributed by atoms with Gasteiger partial charge >= 0.3 is 0 Å². The molecule has 0 fully saturated rings. The van der Waals surface area contributed by atoms with Gasteiger partial charge in [0, 0.05) is 11.1 Å². The van der Waals surface area contributed by atoms with Gasteiger partial charge in [0.2, 0.25) is 0 Å². The fourth-order valence-electron chi connectivity index (χ4n) is 2.29. The lowest BCUT2D eigenvalue weighted by Crippen LogP contribution is -2.17. The SMILES string of the molecule is O=C(N/N=C/c1cccc(Cl)c1Cl)c1ccc(OCc2ccccc2)cc1. The van der Waals surface area contributed by atoms with E-state index in [9.17, 15) is 4.79 Å². The largest absolute Gasteiger partial charge is 0.489 e. The Morgan fingerprint density at radius 1 is 0.963 bits per heavy atom. The molecule has 6 heteroatoms. The Morgan fingerprint density at radius 2 is 1.70 bits per heavy atom. The summed E-state index contributed by atoms with van der Waals surface area (Å²) in [7, 11) is 0. The Labute approximate surface area is 167 Å². The fraction of sp³-hybridized carbons (Fsp3) is 0.0476. The van der Waals surface area contributed by atoms with Crippen LogP contribution in [0, 0.1) is 0 Å². The Kier molecular flexibility index (Phi) is 6.47. The van der Waals surface area contributed by atoms with Crippen molar-refractivity contribution in [2.24, 2.45) is 5.10 Å². The molecule has 0 aromatic heterocycles. The van der Waals surface area contributed by atoms with E-state index in [4.69, 9.17) is 27.9 Å². The molecule has 1 N–H and O–H groups in total. The number of nitrogens with one attached hydrogen (secondary N) is 1. The van der Waals surface area contributed by atoms with Gasteiger partial charge in [-0.15, -0.1) is 0 Å². The highest BCUT2D eigenvalue weighted by molar-refractivity contribution is 6.43. The van der Waals surface area contributed by atoms with Crippen LogP contribution in [0.2, 0.25) is 10.0 Å².